The Morgan fingerprint density at radius 1 is 1.05 bits per heavy atom. The summed E-state index contributed by atoms with van der Waals surface area (Å²) in [6, 6.07) is 16.5. The van der Waals surface area contributed by atoms with Crippen LogP contribution in [0.5, 0.6) is 0 Å². The van der Waals surface area contributed by atoms with Crippen LogP contribution in [0.15, 0.2) is 58.3 Å². The average Bonchev–Trinajstić information content (AvgIpc) is 2.50. The molecule has 0 bridgehead atoms. The highest BCUT2D eigenvalue weighted by Crippen LogP contribution is 2.48. The molecule has 0 aliphatic carbocycles. The minimum atomic E-state index is 0.0633. The highest BCUT2D eigenvalue weighted by atomic mass is 32.2. The number of amides is 1. The van der Waals surface area contributed by atoms with Gasteiger partial charge in [0.05, 0.1) is 11.4 Å². The van der Waals surface area contributed by atoms with Crippen molar-refractivity contribution in [3.05, 3.63) is 48.5 Å². The van der Waals surface area contributed by atoms with Crippen molar-refractivity contribution in [2.45, 2.75) is 30.1 Å². The molecule has 21 heavy (non-hydrogen) atoms. The number of carbonyl (C=O) groups is 1. The van der Waals surface area contributed by atoms with Crippen LogP contribution in [0.1, 0.15) is 20.3 Å². The molecule has 3 nitrogen and oxygen atoms in total. The highest BCUT2D eigenvalue weighted by molar-refractivity contribution is 7.99. The zero-order chi connectivity index (χ0) is 14.8. The molecule has 0 fully saturated rings. The van der Waals surface area contributed by atoms with E-state index < -0.39 is 0 Å². The van der Waals surface area contributed by atoms with Crippen molar-refractivity contribution in [1.82, 2.24) is 5.01 Å². The molecule has 0 aromatic heterocycles. The van der Waals surface area contributed by atoms with Gasteiger partial charge in [0.25, 0.3) is 0 Å². The Bertz CT molecular complexity index is 626. The minimum Gasteiger partial charge on any atom is -0.273 e. The van der Waals surface area contributed by atoms with E-state index in [0.717, 1.165) is 17.8 Å². The normalized spacial score (nSPS) is 12.6. The number of carbonyl (C=O) groups excluding carboxylic acids is 1. The molecule has 0 N–H and O–H groups in total. The number of rotatable bonds is 3. The van der Waals surface area contributed by atoms with E-state index in [1.165, 1.54) is 9.79 Å². The lowest BCUT2D eigenvalue weighted by atomic mass is 10.2. The minimum absolute atomic E-state index is 0.0633. The Labute approximate surface area is 129 Å². The summed E-state index contributed by atoms with van der Waals surface area (Å²) in [5, 5.41) is 3.89. The fraction of sp³-hybridized carbons (Fsp3) is 0.235. The van der Waals surface area contributed by atoms with Gasteiger partial charge in [-0.1, -0.05) is 43.0 Å². The van der Waals surface area contributed by atoms with Gasteiger partial charge < -0.3 is 0 Å². The van der Waals surface area contributed by atoms with Crippen LogP contribution < -0.4 is 5.01 Å². The predicted octanol–water partition coefficient (Wildman–Crippen LogP) is 4.46. The fourth-order valence-electron chi connectivity index (χ4n) is 2.56. The maximum Gasteiger partial charge on any atom is 0.238 e. The molecule has 1 aliphatic heterocycles. The van der Waals surface area contributed by atoms with E-state index in [1.54, 1.807) is 18.7 Å². The fourth-order valence-corrected chi connectivity index (χ4v) is 3.60. The Morgan fingerprint density at radius 3 is 2.05 bits per heavy atom. The van der Waals surface area contributed by atoms with Gasteiger partial charge in [-0.3, -0.25) is 4.79 Å². The van der Waals surface area contributed by atoms with Crippen molar-refractivity contribution in [2.75, 3.05) is 11.6 Å². The molecule has 3 rings (SSSR count). The van der Waals surface area contributed by atoms with Gasteiger partial charge in [-0.2, -0.15) is 0 Å². The van der Waals surface area contributed by atoms with Crippen molar-refractivity contribution in [3.8, 4) is 0 Å². The van der Waals surface area contributed by atoms with Crippen LogP contribution in [0.4, 0.5) is 11.4 Å². The molecule has 0 saturated carbocycles. The number of anilines is 2. The number of hydrazine groups is 1. The molecule has 1 amide bonds. The quantitative estimate of drug-likeness (QED) is 0.835. The molecule has 0 saturated heterocycles. The van der Waals surface area contributed by atoms with Crippen LogP contribution >= 0.6 is 11.8 Å². The van der Waals surface area contributed by atoms with Crippen molar-refractivity contribution < 1.29 is 4.79 Å². The number of hydrogen-bond acceptors (Lipinski definition) is 3. The third-order valence-electron chi connectivity index (χ3n) is 3.45. The molecule has 2 aromatic rings. The third-order valence-corrected chi connectivity index (χ3v) is 4.58. The SMILES string of the molecule is CCCN(C(C)=O)N1c2ccccc2Sc2ccccc21. The third kappa shape index (κ3) is 2.51. The van der Waals surface area contributed by atoms with Crippen LogP contribution in [0.3, 0.4) is 0 Å². The van der Waals surface area contributed by atoms with E-state index in [9.17, 15) is 4.79 Å². The summed E-state index contributed by atoms with van der Waals surface area (Å²) >= 11 is 1.75. The molecule has 4 heteroatoms. The Balaban J connectivity index is 2.16. The van der Waals surface area contributed by atoms with E-state index in [2.05, 4.69) is 36.2 Å². The number of benzene rings is 2. The maximum atomic E-state index is 12.1. The number of hydrogen-bond donors (Lipinski definition) is 0. The number of para-hydroxylation sites is 2. The zero-order valence-corrected chi connectivity index (χ0v) is 13.1. The van der Waals surface area contributed by atoms with Crippen LogP contribution in [-0.2, 0) is 4.79 Å². The van der Waals surface area contributed by atoms with Gasteiger partial charge in [0, 0.05) is 23.3 Å². The Morgan fingerprint density at radius 2 is 1.57 bits per heavy atom. The second kappa shape index (κ2) is 5.82. The summed E-state index contributed by atoms with van der Waals surface area (Å²) in [6.07, 6.45) is 0.924. The van der Waals surface area contributed by atoms with Crippen molar-refractivity contribution in [2.24, 2.45) is 0 Å². The van der Waals surface area contributed by atoms with Crippen LogP contribution in [0.2, 0.25) is 0 Å². The molecular weight excluding hydrogens is 280 g/mol. The van der Waals surface area contributed by atoms with Crippen molar-refractivity contribution in [3.63, 3.8) is 0 Å². The summed E-state index contributed by atoms with van der Waals surface area (Å²) in [7, 11) is 0. The second-order valence-electron chi connectivity index (χ2n) is 4.99. The van der Waals surface area contributed by atoms with Gasteiger partial charge in [-0.05, 0) is 30.7 Å². The Hall–Kier alpha value is -1.94. The monoisotopic (exact) mass is 298 g/mol. The topological polar surface area (TPSA) is 23.6 Å². The van der Waals surface area contributed by atoms with Gasteiger partial charge >= 0.3 is 0 Å². The summed E-state index contributed by atoms with van der Waals surface area (Å²) < 4.78 is 0. The standard InChI is InChI=1S/C17H18N2OS/c1-3-12-18(13(2)20)19-14-8-4-6-10-16(14)21-17-11-7-5-9-15(17)19/h4-11H,3,12H2,1-2H3. The molecule has 0 atom stereocenters. The lowest BCUT2D eigenvalue weighted by Crippen LogP contribution is -2.44. The van der Waals surface area contributed by atoms with E-state index in [4.69, 9.17) is 0 Å². The molecule has 108 valence electrons. The highest BCUT2D eigenvalue weighted by Gasteiger charge is 2.28. The van der Waals surface area contributed by atoms with Crippen molar-refractivity contribution >= 4 is 29.0 Å². The van der Waals surface area contributed by atoms with Gasteiger partial charge in [-0.15, -0.1) is 0 Å². The van der Waals surface area contributed by atoms with E-state index in [-0.39, 0.29) is 5.91 Å². The lowest BCUT2D eigenvalue weighted by Gasteiger charge is -2.40. The summed E-state index contributed by atoms with van der Waals surface area (Å²) in [6.45, 7) is 4.43. The lowest BCUT2D eigenvalue weighted by molar-refractivity contribution is -0.129. The zero-order valence-electron chi connectivity index (χ0n) is 12.2. The summed E-state index contributed by atoms with van der Waals surface area (Å²) in [4.78, 5) is 14.5. The first-order chi connectivity index (χ1) is 10.2. The number of nitrogens with zero attached hydrogens (tertiary/aromatic N) is 2. The first kappa shape index (κ1) is 14.0. The summed E-state index contributed by atoms with van der Waals surface area (Å²) in [5.41, 5.74) is 2.15. The van der Waals surface area contributed by atoms with E-state index in [0.29, 0.717) is 6.54 Å². The van der Waals surface area contributed by atoms with Crippen LogP contribution in [-0.4, -0.2) is 17.5 Å². The predicted molar refractivity (Wildman–Crippen MR) is 86.8 cm³/mol. The largest absolute Gasteiger partial charge is 0.273 e. The van der Waals surface area contributed by atoms with Crippen LogP contribution in [0.25, 0.3) is 0 Å². The molecule has 0 spiro atoms. The maximum absolute atomic E-state index is 12.1. The van der Waals surface area contributed by atoms with Gasteiger partial charge in [0.1, 0.15) is 0 Å². The van der Waals surface area contributed by atoms with E-state index in [1.807, 2.05) is 29.3 Å². The smallest absolute Gasteiger partial charge is 0.238 e. The van der Waals surface area contributed by atoms with Gasteiger partial charge in [-0.25, -0.2) is 10.0 Å². The molecule has 2 aromatic carbocycles. The molecule has 0 radical (unpaired) electrons. The first-order valence-electron chi connectivity index (χ1n) is 7.16. The number of fused-ring (bicyclic) bond motifs is 2. The van der Waals surface area contributed by atoms with E-state index >= 15 is 0 Å². The molecule has 1 heterocycles. The molecule has 1 aliphatic rings. The van der Waals surface area contributed by atoms with Gasteiger partial charge in [0.2, 0.25) is 5.91 Å². The van der Waals surface area contributed by atoms with Gasteiger partial charge in [0.15, 0.2) is 0 Å². The Kier molecular flexibility index (Phi) is 3.88. The first-order valence-corrected chi connectivity index (χ1v) is 7.98. The van der Waals surface area contributed by atoms with Crippen LogP contribution in [0, 0.1) is 0 Å². The molecule has 0 unspecified atom stereocenters. The summed E-state index contributed by atoms with van der Waals surface area (Å²) in [5.74, 6) is 0.0633. The second-order valence-corrected chi connectivity index (χ2v) is 6.08. The van der Waals surface area contributed by atoms with Crippen molar-refractivity contribution in [1.29, 1.82) is 0 Å². The average molecular weight is 298 g/mol. The molecular formula is C17H18N2OS.